The van der Waals surface area contributed by atoms with E-state index < -0.39 is 0 Å². The van der Waals surface area contributed by atoms with Gasteiger partial charge < -0.3 is 5.32 Å². The highest BCUT2D eigenvalue weighted by Gasteiger charge is 2.22. The van der Waals surface area contributed by atoms with Gasteiger partial charge in [-0.1, -0.05) is 32.0 Å². The van der Waals surface area contributed by atoms with Crippen LogP contribution in [0.3, 0.4) is 0 Å². The second-order valence-corrected chi connectivity index (χ2v) is 6.80. The zero-order valence-corrected chi connectivity index (χ0v) is 14.6. The van der Waals surface area contributed by atoms with Crippen molar-refractivity contribution in [3.05, 3.63) is 53.9 Å². The topological polar surface area (TPSA) is 73.5 Å². The van der Waals surface area contributed by atoms with Crippen LogP contribution in [0.4, 0.5) is 0 Å². The number of fused-ring (bicyclic) bond motifs is 1. The molecule has 3 heterocycles. The Kier molecular flexibility index (Phi) is 4.31. The molecule has 2 aromatic heterocycles. The number of para-hydroxylation sites is 1. The SMILES string of the molecule is CC(C)c1nc2n(n1)CC(NCc1cnn(-c3ccccc3)n1)CC2. The number of nitrogens with one attached hydrogen (secondary N) is 1. The van der Waals surface area contributed by atoms with Gasteiger partial charge in [-0.3, -0.25) is 0 Å². The maximum Gasteiger partial charge on any atom is 0.153 e. The number of hydrogen-bond donors (Lipinski definition) is 1. The third kappa shape index (κ3) is 3.46. The molecule has 1 aliphatic heterocycles. The summed E-state index contributed by atoms with van der Waals surface area (Å²) in [6.45, 7) is 5.83. The first kappa shape index (κ1) is 16.0. The first-order valence-corrected chi connectivity index (χ1v) is 8.82. The normalized spacial score (nSPS) is 17.0. The van der Waals surface area contributed by atoms with Crippen molar-refractivity contribution in [1.82, 2.24) is 35.1 Å². The maximum atomic E-state index is 4.64. The predicted molar refractivity (Wildman–Crippen MR) is 94.4 cm³/mol. The first-order chi connectivity index (χ1) is 12.2. The fourth-order valence-corrected chi connectivity index (χ4v) is 3.05. The van der Waals surface area contributed by atoms with Gasteiger partial charge in [0.25, 0.3) is 0 Å². The van der Waals surface area contributed by atoms with E-state index in [-0.39, 0.29) is 0 Å². The molecule has 7 nitrogen and oxygen atoms in total. The van der Waals surface area contributed by atoms with Crippen molar-refractivity contribution in [2.24, 2.45) is 0 Å². The van der Waals surface area contributed by atoms with Gasteiger partial charge in [0.15, 0.2) is 5.82 Å². The zero-order valence-electron chi connectivity index (χ0n) is 14.6. The Morgan fingerprint density at radius 3 is 2.84 bits per heavy atom. The summed E-state index contributed by atoms with van der Waals surface area (Å²) in [4.78, 5) is 6.31. The average molecular weight is 337 g/mol. The van der Waals surface area contributed by atoms with E-state index in [4.69, 9.17) is 0 Å². The second kappa shape index (κ2) is 6.76. The van der Waals surface area contributed by atoms with Crippen molar-refractivity contribution < 1.29 is 0 Å². The molecule has 1 aromatic carbocycles. The lowest BCUT2D eigenvalue weighted by molar-refractivity contribution is 0.355. The number of benzene rings is 1. The highest BCUT2D eigenvalue weighted by Crippen LogP contribution is 2.17. The third-order valence-electron chi connectivity index (χ3n) is 4.49. The van der Waals surface area contributed by atoms with Gasteiger partial charge in [-0.15, -0.1) is 0 Å². The number of aromatic nitrogens is 6. The predicted octanol–water partition coefficient (Wildman–Crippen LogP) is 2.09. The summed E-state index contributed by atoms with van der Waals surface area (Å²) < 4.78 is 2.05. The summed E-state index contributed by atoms with van der Waals surface area (Å²) in [5, 5.41) is 17.1. The van der Waals surface area contributed by atoms with Gasteiger partial charge in [-0.25, -0.2) is 9.67 Å². The van der Waals surface area contributed by atoms with E-state index in [1.54, 1.807) is 4.80 Å². The molecular weight excluding hydrogens is 314 g/mol. The van der Waals surface area contributed by atoms with Crippen LogP contribution in [0, 0.1) is 0 Å². The molecule has 1 unspecified atom stereocenters. The summed E-state index contributed by atoms with van der Waals surface area (Å²) >= 11 is 0. The Morgan fingerprint density at radius 1 is 1.20 bits per heavy atom. The Morgan fingerprint density at radius 2 is 2.04 bits per heavy atom. The van der Waals surface area contributed by atoms with E-state index in [0.717, 1.165) is 42.4 Å². The fourth-order valence-electron chi connectivity index (χ4n) is 3.05. The van der Waals surface area contributed by atoms with Crippen molar-refractivity contribution in [3.63, 3.8) is 0 Å². The molecule has 0 spiro atoms. The summed E-state index contributed by atoms with van der Waals surface area (Å²) in [6.07, 6.45) is 3.86. The third-order valence-corrected chi connectivity index (χ3v) is 4.49. The number of rotatable bonds is 5. The Labute approximate surface area is 147 Å². The molecule has 7 heteroatoms. The second-order valence-electron chi connectivity index (χ2n) is 6.80. The minimum atomic E-state index is 0.373. The molecule has 0 saturated carbocycles. The summed E-state index contributed by atoms with van der Waals surface area (Å²) in [5.41, 5.74) is 1.91. The molecule has 3 aromatic rings. The van der Waals surface area contributed by atoms with Crippen LogP contribution in [0.2, 0.25) is 0 Å². The number of hydrogen-bond acceptors (Lipinski definition) is 5. The molecule has 1 atom stereocenters. The van der Waals surface area contributed by atoms with E-state index in [2.05, 4.69) is 44.1 Å². The summed E-state index contributed by atoms with van der Waals surface area (Å²) in [7, 11) is 0. The van der Waals surface area contributed by atoms with Gasteiger partial charge >= 0.3 is 0 Å². The van der Waals surface area contributed by atoms with Crippen LogP contribution in [-0.4, -0.2) is 35.8 Å². The summed E-state index contributed by atoms with van der Waals surface area (Å²) in [5.74, 6) is 2.43. The van der Waals surface area contributed by atoms with E-state index in [1.165, 1.54) is 0 Å². The quantitative estimate of drug-likeness (QED) is 0.772. The monoisotopic (exact) mass is 337 g/mol. The van der Waals surface area contributed by atoms with E-state index >= 15 is 0 Å². The van der Waals surface area contributed by atoms with Crippen LogP contribution in [0.5, 0.6) is 0 Å². The highest BCUT2D eigenvalue weighted by atomic mass is 15.5. The Bertz CT molecular complexity index is 834. The first-order valence-electron chi connectivity index (χ1n) is 8.82. The molecule has 0 aliphatic carbocycles. The van der Waals surface area contributed by atoms with Gasteiger partial charge in [-0.05, 0) is 18.6 Å². The maximum absolute atomic E-state index is 4.64. The molecule has 0 radical (unpaired) electrons. The Hall–Kier alpha value is -2.54. The largest absolute Gasteiger partial charge is 0.306 e. The van der Waals surface area contributed by atoms with Gasteiger partial charge in [0.1, 0.15) is 5.82 Å². The van der Waals surface area contributed by atoms with Gasteiger partial charge in [0.2, 0.25) is 0 Å². The minimum absolute atomic E-state index is 0.373. The van der Waals surface area contributed by atoms with E-state index in [9.17, 15) is 0 Å². The number of nitrogens with zero attached hydrogens (tertiary/aromatic N) is 6. The van der Waals surface area contributed by atoms with Crippen LogP contribution < -0.4 is 5.32 Å². The minimum Gasteiger partial charge on any atom is -0.306 e. The molecule has 130 valence electrons. The standard InChI is InChI=1S/C18H23N7/c1-13(2)18-21-17-9-8-14(12-24(17)23-18)19-10-15-11-20-25(22-15)16-6-4-3-5-7-16/h3-7,11,13-14,19H,8-10,12H2,1-2H3. The molecule has 0 fully saturated rings. The average Bonchev–Trinajstić information content (AvgIpc) is 3.27. The van der Waals surface area contributed by atoms with Crippen LogP contribution >= 0.6 is 0 Å². The van der Waals surface area contributed by atoms with Gasteiger partial charge in [-0.2, -0.15) is 20.1 Å². The van der Waals surface area contributed by atoms with Crippen molar-refractivity contribution in [3.8, 4) is 5.69 Å². The molecule has 0 bridgehead atoms. The fraction of sp³-hybridized carbons (Fsp3) is 0.444. The van der Waals surface area contributed by atoms with Crippen molar-refractivity contribution >= 4 is 0 Å². The lowest BCUT2D eigenvalue weighted by atomic mass is 10.1. The highest BCUT2D eigenvalue weighted by molar-refractivity contribution is 5.28. The molecule has 0 amide bonds. The molecule has 1 aliphatic rings. The van der Waals surface area contributed by atoms with Gasteiger partial charge in [0.05, 0.1) is 24.1 Å². The molecule has 0 saturated heterocycles. The lowest BCUT2D eigenvalue weighted by Gasteiger charge is -2.23. The molecule has 1 N–H and O–H groups in total. The molecule has 25 heavy (non-hydrogen) atoms. The summed E-state index contributed by atoms with van der Waals surface area (Å²) in [6, 6.07) is 10.3. The van der Waals surface area contributed by atoms with Crippen LogP contribution in [0.1, 0.15) is 43.5 Å². The van der Waals surface area contributed by atoms with Crippen LogP contribution in [0.15, 0.2) is 36.5 Å². The van der Waals surface area contributed by atoms with Crippen LogP contribution in [-0.2, 0) is 19.5 Å². The number of aryl methyl sites for hydroxylation is 1. The van der Waals surface area contributed by atoms with Crippen molar-refractivity contribution in [1.29, 1.82) is 0 Å². The Balaban J connectivity index is 1.37. The molecule has 4 rings (SSSR count). The van der Waals surface area contributed by atoms with E-state index in [0.29, 0.717) is 18.5 Å². The smallest absolute Gasteiger partial charge is 0.153 e. The van der Waals surface area contributed by atoms with E-state index in [1.807, 2.05) is 36.5 Å². The zero-order chi connectivity index (χ0) is 17.2. The van der Waals surface area contributed by atoms with Crippen LogP contribution in [0.25, 0.3) is 5.69 Å². The van der Waals surface area contributed by atoms with Crippen molar-refractivity contribution in [2.45, 2.75) is 51.7 Å². The van der Waals surface area contributed by atoms with Gasteiger partial charge in [0, 0.05) is 24.9 Å². The lowest BCUT2D eigenvalue weighted by Crippen LogP contribution is -2.37. The molecular formula is C18H23N7. The van der Waals surface area contributed by atoms with Crippen molar-refractivity contribution in [2.75, 3.05) is 0 Å².